The Labute approximate surface area is 107 Å². The summed E-state index contributed by atoms with van der Waals surface area (Å²) in [5.74, 6) is 0.890. The molecule has 2 unspecified atom stereocenters. The number of likely N-dealkylation sites (tertiary alicyclic amines) is 1. The first-order chi connectivity index (χ1) is 8.13. The average molecular weight is 238 g/mol. The first kappa shape index (κ1) is 13.4. The second-order valence-electron chi connectivity index (χ2n) is 6.57. The summed E-state index contributed by atoms with van der Waals surface area (Å²) in [5, 5.41) is 3.71. The lowest BCUT2D eigenvalue weighted by molar-refractivity contribution is 0.116. The summed E-state index contributed by atoms with van der Waals surface area (Å²) >= 11 is 0. The molecule has 0 aromatic carbocycles. The normalized spacial score (nSPS) is 34.1. The zero-order valence-corrected chi connectivity index (χ0v) is 12.0. The van der Waals surface area contributed by atoms with Gasteiger partial charge in [-0.3, -0.25) is 4.90 Å². The summed E-state index contributed by atoms with van der Waals surface area (Å²) in [4.78, 5) is 2.74. The second kappa shape index (κ2) is 5.71. The molecule has 1 aliphatic heterocycles. The Balaban J connectivity index is 1.91. The molecule has 2 rings (SSSR count). The number of rotatable bonds is 4. The SMILES string of the molecule is CCNC1CCCCC1CN1CCCC1(C)C. The monoisotopic (exact) mass is 238 g/mol. The maximum atomic E-state index is 3.71. The Morgan fingerprint density at radius 3 is 2.59 bits per heavy atom. The molecule has 2 nitrogen and oxygen atoms in total. The maximum absolute atomic E-state index is 3.71. The Bertz CT molecular complexity index is 235. The van der Waals surface area contributed by atoms with Crippen molar-refractivity contribution in [2.75, 3.05) is 19.6 Å². The first-order valence-corrected chi connectivity index (χ1v) is 7.62. The maximum Gasteiger partial charge on any atom is 0.0153 e. The van der Waals surface area contributed by atoms with Crippen LogP contribution in [0.25, 0.3) is 0 Å². The van der Waals surface area contributed by atoms with Gasteiger partial charge < -0.3 is 5.32 Å². The molecule has 0 amide bonds. The lowest BCUT2D eigenvalue weighted by Gasteiger charge is -2.39. The standard InChI is InChI=1S/C15H30N2/c1-4-16-14-9-6-5-8-13(14)12-17-11-7-10-15(17,2)3/h13-14,16H,4-12H2,1-3H3. The molecule has 2 heteroatoms. The highest BCUT2D eigenvalue weighted by Crippen LogP contribution is 2.32. The molecule has 2 aliphatic rings. The topological polar surface area (TPSA) is 15.3 Å². The molecule has 1 saturated carbocycles. The van der Waals surface area contributed by atoms with Crippen molar-refractivity contribution in [3.8, 4) is 0 Å². The summed E-state index contributed by atoms with van der Waals surface area (Å²) in [6, 6.07) is 0.783. The summed E-state index contributed by atoms with van der Waals surface area (Å²) in [7, 11) is 0. The van der Waals surface area contributed by atoms with Gasteiger partial charge in [-0.2, -0.15) is 0 Å². The fraction of sp³-hybridized carbons (Fsp3) is 1.00. The number of hydrogen-bond donors (Lipinski definition) is 1. The molecule has 1 N–H and O–H groups in total. The van der Waals surface area contributed by atoms with Crippen molar-refractivity contribution in [1.29, 1.82) is 0 Å². The minimum atomic E-state index is 0.453. The van der Waals surface area contributed by atoms with E-state index in [9.17, 15) is 0 Å². The van der Waals surface area contributed by atoms with Crippen LogP contribution in [0.4, 0.5) is 0 Å². The van der Waals surface area contributed by atoms with E-state index < -0.39 is 0 Å². The van der Waals surface area contributed by atoms with E-state index in [1.807, 2.05) is 0 Å². The Morgan fingerprint density at radius 2 is 1.94 bits per heavy atom. The highest BCUT2D eigenvalue weighted by Gasteiger charge is 2.35. The van der Waals surface area contributed by atoms with Gasteiger partial charge in [0.25, 0.3) is 0 Å². The molecule has 0 radical (unpaired) electrons. The van der Waals surface area contributed by atoms with Crippen molar-refractivity contribution in [2.24, 2.45) is 5.92 Å². The highest BCUT2D eigenvalue weighted by molar-refractivity contribution is 4.91. The molecule has 2 fully saturated rings. The zero-order chi connectivity index (χ0) is 12.3. The van der Waals surface area contributed by atoms with Gasteiger partial charge in [0.05, 0.1) is 0 Å². The van der Waals surface area contributed by atoms with Gasteiger partial charge in [0.15, 0.2) is 0 Å². The predicted octanol–water partition coefficient (Wildman–Crippen LogP) is 3.03. The second-order valence-corrected chi connectivity index (χ2v) is 6.57. The molecule has 2 atom stereocenters. The third kappa shape index (κ3) is 3.23. The molecule has 0 aromatic heterocycles. The van der Waals surface area contributed by atoms with Gasteiger partial charge in [-0.15, -0.1) is 0 Å². The van der Waals surface area contributed by atoms with Crippen molar-refractivity contribution in [3.05, 3.63) is 0 Å². The largest absolute Gasteiger partial charge is 0.314 e. The summed E-state index contributed by atoms with van der Waals surface area (Å²) in [6.07, 6.45) is 8.48. The predicted molar refractivity (Wildman–Crippen MR) is 74.3 cm³/mol. The molecular formula is C15H30N2. The highest BCUT2D eigenvalue weighted by atomic mass is 15.2. The molecule has 0 aromatic rings. The molecular weight excluding hydrogens is 208 g/mol. The number of nitrogens with one attached hydrogen (secondary N) is 1. The van der Waals surface area contributed by atoms with Gasteiger partial charge in [-0.1, -0.05) is 19.8 Å². The van der Waals surface area contributed by atoms with Crippen LogP contribution in [0, 0.1) is 5.92 Å². The van der Waals surface area contributed by atoms with Crippen LogP contribution in [0.5, 0.6) is 0 Å². The third-order valence-electron chi connectivity index (χ3n) is 4.90. The quantitative estimate of drug-likeness (QED) is 0.810. The molecule has 1 aliphatic carbocycles. The van der Waals surface area contributed by atoms with Gasteiger partial charge in [0.2, 0.25) is 0 Å². The van der Waals surface area contributed by atoms with Crippen LogP contribution in [0.15, 0.2) is 0 Å². The van der Waals surface area contributed by atoms with Gasteiger partial charge >= 0.3 is 0 Å². The van der Waals surface area contributed by atoms with E-state index in [1.165, 1.54) is 51.6 Å². The summed E-state index contributed by atoms with van der Waals surface area (Å²) in [5.41, 5.74) is 0.453. The van der Waals surface area contributed by atoms with Crippen LogP contribution in [0.3, 0.4) is 0 Å². The lowest BCUT2D eigenvalue weighted by atomic mass is 9.83. The van der Waals surface area contributed by atoms with Crippen molar-refractivity contribution >= 4 is 0 Å². The van der Waals surface area contributed by atoms with E-state index in [0.29, 0.717) is 5.54 Å². The Morgan fingerprint density at radius 1 is 1.18 bits per heavy atom. The molecule has 0 bridgehead atoms. The van der Waals surface area contributed by atoms with Crippen LogP contribution in [-0.2, 0) is 0 Å². The van der Waals surface area contributed by atoms with Crippen molar-refractivity contribution in [3.63, 3.8) is 0 Å². The fourth-order valence-electron chi connectivity index (χ4n) is 3.74. The van der Waals surface area contributed by atoms with E-state index in [0.717, 1.165) is 18.5 Å². The summed E-state index contributed by atoms with van der Waals surface area (Å²) in [6.45, 7) is 10.9. The van der Waals surface area contributed by atoms with Gasteiger partial charge in [-0.25, -0.2) is 0 Å². The minimum Gasteiger partial charge on any atom is -0.314 e. The lowest BCUT2D eigenvalue weighted by Crippen LogP contribution is -2.48. The molecule has 1 saturated heterocycles. The van der Waals surface area contributed by atoms with E-state index in [4.69, 9.17) is 0 Å². The van der Waals surface area contributed by atoms with Gasteiger partial charge in [-0.05, 0) is 58.5 Å². The molecule has 1 heterocycles. The van der Waals surface area contributed by atoms with Crippen molar-refractivity contribution in [1.82, 2.24) is 10.2 Å². The summed E-state index contributed by atoms with van der Waals surface area (Å²) < 4.78 is 0. The van der Waals surface area contributed by atoms with Crippen LogP contribution in [0.2, 0.25) is 0 Å². The van der Waals surface area contributed by atoms with Crippen molar-refractivity contribution < 1.29 is 0 Å². The van der Waals surface area contributed by atoms with E-state index in [1.54, 1.807) is 0 Å². The van der Waals surface area contributed by atoms with E-state index >= 15 is 0 Å². The minimum absolute atomic E-state index is 0.453. The van der Waals surface area contributed by atoms with E-state index in [2.05, 4.69) is 31.0 Å². The molecule has 0 spiro atoms. The number of nitrogens with zero attached hydrogens (tertiary/aromatic N) is 1. The van der Waals surface area contributed by atoms with Crippen molar-refractivity contribution in [2.45, 2.75) is 70.9 Å². The number of hydrogen-bond acceptors (Lipinski definition) is 2. The zero-order valence-electron chi connectivity index (χ0n) is 12.0. The Hall–Kier alpha value is -0.0800. The van der Waals surface area contributed by atoms with Crippen LogP contribution >= 0.6 is 0 Å². The fourth-order valence-corrected chi connectivity index (χ4v) is 3.74. The molecule has 100 valence electrons. The van der Waals surface area contributed by atoms with Crippen LogP contribution in [0.1, 0.15) is 59.3 Å². The molecule has 17 heavy (non-hydrogen) atoms. The van der Waals surface area contributed by atoms with Crippen LogP contribution < -0.4 is 5.32 Å². The van der Waals surface area contributed by atoms with Gasteiger partial charge in [0.1, 0.15) is 0 Å². The van der Waals surface area contributed by atoms with E-state index in [-0.39, 0.29) is 0 Å². The Kier molecular flexibility index (Phi) is 4.48. The van der Waals surface area contributed by atoms with Gasteiger partial charge in [0, 0.05) is 18.1 Å². The average Bonchev–Trinajstić information content (AvgIpc) is 2.61. The smallest absolute Gasteiger partial charge is 0.0153 e. The van der Waals surface area contributed by atoms with Crippen LogP contribution in [-0.4, -0.2) is 36.1 Å². The third-order valence-corrected chi connectivity index (χ3v) is 4.90. The first-order valence-electron chi connectivity index (χ1n) is 7.62.